The van der Waals surface area contributed by atoms with Gasteiger partial charge in [0.05, 0.1) is 26.4 Å². The highest BCUT2D eigenvalue weighted by molar-refractivity contribution is 6.75. The first-order valence-corrected chi connectivity index (χ1v) is 30.2. The standard InChI is InChI=1S/C41H76O4Si4/c1-38(2,3)46(13,14)42-28-34-22-32(23-35(26-34)29-43-47(15,16)39(4,5)6)21-33-24-36(30-44-48(17,18)40(7,8)9)27-37(25-33)31-45-49(19,20)41(10,11)12/h22-27H,21,28-31H2,1-20H3. The van der Waals surface area contributed by atoms with Gasteiger partial charge in [0.15, 0.2) is 33.3 Å². The van der Waals surface area contributed by atoms with Crippen LogP contribution in [0.4, 0.5) is 0 Å². The van der Waals surface area contributed by atoms with Crippen LogP contribution in [-0.2, 0) is 50.6 Å². The Kier molecular flexibility index (Phi) is 14.1. The van der Waals surface area contributed by atoms with Crippen LogP contribution in [0, 0.1) is 0 Å². The van der Waals surface area contributed by atoms with Crippen molar-refractivity contribution in [2.75, 3.05) is 0 Å². The van der Waals surface area contributed by atoms with Crippen molar-refractivity contribution >= 4 is 33.3 Å². The molecule has 0 aliphatic rings. The van der Waals surface area contributed by atoms with Crippen LogP contribution in [0.1, 0.15) is 116 Å². The highest BCUT2D eigenvalue weighted by Crippen LogP contribution is 2.40. The van der Waals surface area contributed by atoms with Gasteiger partial charge in [0, 0.05) is 0 Å². The molecular formula is C41H76O4Si4. The van der Waals surface area contributed by atoms with E-state index in [1.54, 1.807) is 0 Å². The summed E-state index contributed by atoms with van der Waals surface area (Å²) in [5.41, 5.74) is 7.52. The van der Waals surface area contributed by atoms with Gasteiger partial charge in [-0.15, -0.1) is 0 Å². The predicted molar refractivity (Wildman–Crippen MR) is 224 cm³/mol. The summed E-state index contributed by atoms with van der Waals surface area (Å²) >= 11 is 0. The lowest BCUT2D eigenvalue weighted by molar-refractivity contribution is 0.270. The van der Waals surface area contributed by atoms with Gasteiger partial charge < -0.3 is 17.7 Å². The summed E-state index contributed by atoms with van der Waals surface area (Å²) < 4.78 is 27.0. The highest BCUT2D eigenvalue weighted by atomic mass is 28.4. The molecule has 8 heteroatoms. The van der Waals surface area contributed by atoms with Crippen LogP contribution < -0.4 is 0 Å². The molecule has 0 fully saturated rings. The molecule has 4 nitrogen and oxygen atoms in total. The molecule has 0 saturated carbocycles. The van der Waals surface area contributed by atoms with Gasteiger partial charge in [0.1, 0.15) is 0 Å². The Balaban J connectivity index is 2.55. The molecule has 0 heterocycles. The van der Waals surface area contributed by atoms with Crippen molar-refractivity contribution in [1.82, 2.24) is 0 Å². The van der Waals surface area contributed by atoms with Gasteiger partial charge >= 0.3 is 0 Å². The third-order valence-corrected chi connectivity index (χ3v) is 30.2. The summed E-state index contributed by atoms with van der Waals surface area (Å²) in [4.78, 5) is 0. The lowest BCUT2D eigenvalue weighted by Crippen LogP contribution is -2.40. The fourth-order valence-corrected chi connectivity index (χ4v) is 8.22. The molecule has 0 saturated heterocycles. The van der Waals surface area contributed by atoms with Crippen molar-refractivity contribution in [2.24, 2.45) is 0 Å². The number of hydrogen-bond donors (Lipinski definition) is 0. The average molecular weight is 745 g/mol. The summed E-state index contributed by atoms with van der Waals surface area (Å²) in [6.07, 6.45) is 0.835. The fourth-order valence-electron chi connectivity index (χ4n) is 4.37. The molecule has 0 bridgehead atoms. The Morgan fingerprint density at radius 3 is 0.653 bits per heavy atom. The second-order valence-corrected chi connectivity index (χ2v) is 39.9. The van der Waals surface area contributed by atoms with Crippen LogP contribution in [0.2, 0.25) is 72.5 Å². The van der Waals surface area contributed by atoms with Crippen molar-refractivity contribution in [3.05, 3.63) is 69.8 Å². The van der Waals surface area contributed by atoms with Gasteiger partial charge in [-0.25, -0.2) is 0 Å². The van der Waals surface area contributed by atoms with E-state index in [0.29, 0.717) is 26.4 Å². The zero-order valence-electron chi connectivity index (χ0n) is 35.6. The van der Waals surface area contributed by atoms with E-state index in [1.807, 2.05) is 0 Å². The lowest BCUT2D eigenvalue weighted by Gasteiger charge is -2.37. The molecule has 2 aromatic rings. The molecule has 2 aromatic carbocycles. The molecule has 2 rings (SSSR count). The first kappa shape index (κ1) is 44.3. The van der Waals surface area contributed by atoms with Crippen LogP contribution in [0.3, 0.4) is 0 Å². The van der Waals surface area contributed by atoms with Gasteiger partial charge in [0.25, 0.3) is 0 Å². The predicted octanol–water partition coefficient (Wildman–Crippen LogP) is 13.4. The lowest BCUT2D eigenvalue weighted by atomic mass is 9.97. The van der Waals surface area contributed by atoms with Crippen LogP contribution in [0.25, 0.3) is 0 Å². The zero-order chi connectivity index (χ0) is 38.1. The van der Waals surface area contributed by atoms with E-state index in [2.05, 4.69) is 172 Å². The summed E-state index contributed by atoms with van der Waals surface area (Å²) in [6.45, 7) is 48.9. The Morgan fingerprint density at radius 1 is 0.327 bits per heavy atom. The fraction of sp³-hybridized carbons (Fsp3) is 0.707. The Hall–Kier alpha value is -0.852. The van der Waals surface area contributed by atoms with Crippen LogP contribution >= 0.6 is 0 Å². The smallest absolute Gasteiger partial charge is 0.192 e. The van der Waals surface area contributed by atoms with Crippen molar-refractivity contribution in [3.8, 4) is 0 Å². The molecule has 0 aliphatic carbocycles. The maximum absolute atomic E-state index is 6.74. The highest BCUT2D eigenvalue weighted by Gasteiger charge is 2.40. The SMILES string of the molecule is CC(C)(C)[Si](C)(C)OCc1cc(CO[Si](C)(C)C(C)(C)C)cc(Cc2cc(CO[Si](C)(C)C(C)(C)C)cc(CO[Si](C)(C)C(C)(C)C)c2)c1. The zero-order valence-corrected chi connectivity index (χ0v) is 39.6. The minimum Gasteiger partial charge on any atom is -0.413 e. The molecule has 0 spiro atoms. The molecule has 0 aromatic heterocycles. The van der Waals surface area contributed by atoms with Gasteiger partial charge in [-0.2, -0.15) is 0 Å². The minimum absolute atomic E-state index is 0.161. The van der Waals surface area contributed by atoms with E-state index in [9.17, 15) is 0 Å². The summed E-state index contributed by atoms with van der Waals surface area (Å²) in [5, 5.41) is 0.646. The quantitative estimate of drug-likeness (QED) is 0.181. The Morgan fingerprint density at radius 2 is 0.490 bits per heavy atom. The summed E-state index contributed by atoms with van der Waals surface area (Å²) in [6, 6.07) is 14.0. The number of rotatable bonds is 14. The molecule has 49 heavy (non-hydrogen) atoms. The Labute approximate surface area is 308 Å². The van der Waals surface area contributed by atoms with Crippen LogP contribution in [0.15, 0.2) is 36.4 Å². The van der Waals surface area contributed by atoms with Gasteiger partial charge in [-0.05, 0) is 112 Å². The first-order chi connectivity index (χ1) is 21.8. The number of benzene rings is 2. The molecule has 0 aliphatic heterocycles. The minimum atomic E-state index is -1.91. The van der Waals surface area contributed by atoms with Gasteiger partial charge in [0.2, 0.25) is 0 Å². The maximum atomic E-state index is 6.74. The van der Waals surface area contributed by atoms with E-state index in [-0.39, 0.29) is 20.2 Å². The molecule has 0 amide bonds. The van der Waals surface area contributed by atoms with Gasteiger partial charge in [-0.3, -0.25) is 0 Å². The third-order valence-electron chi connectivity index (χ3n) is 12.3. The van der Waals surface area contributed by atoms with Crippen LogP contribution in [-0.4, -0.2) is 33.3 Å². The summed E-state index contributed by atoms with van der Waals surface area (Å²) in [7, 11) is -7.63. The average Bonchev–Trinajstić information content (AvgIpc) is 2.90. The normalized spacial score (nSPS) is 14.4. The topological polar surface area (TPSA) is 36.9 Å². The van der Waals surface area contributed by atoms with E-state index < -0.39 is 33.3 Å². The molecule has 0 radical (unpaired) electrons. The van der Waals surface area contributed by atoms with E-state index >= 15 is 0 Å². The van der Waals surface area contributed by atoms with Crippen molar-refractivity contribution in [1.29, 1.82) is 0 Å². The summed E-state index contributed by atoms with van der Waals surface area (Å²) in [5.74, 6) is 0. The largest absolute Gasteiger partial charge is 0.413 e. The van der Waals surface area contributed by atoms with Crippen molar-refractivity contribution in [2.45, 2.75) is 188 Å². The molecule has 0 N–H and O–H groups in total. The monoisotopic (exact) mass is 744 g/mol. The first-order valence-electron chi connectivity index (χ1n) is 18.6. The van der Waals surface area contributed by atoms with Crippen LogP contribution in [0.5, 0.6) is 0 Å². The van der Waals surface area contributed by atoms with Crippen molar-refractivity contribution in [3.63, 3.8) is 0 Å². The molecular weight excluding hydrogens is 669 g/mol. The molecule has 0 atom stereocenters. The van der Waals surface area contributed by atoms with E-state index in [0.717, 1.165) is 6.42 Å². The molecule has 280 valence electrons. The Bertz CT molecular complexity index is 1180. The van der Waals surface area contributed by atoms with Crippen molar-refractivity contribution < 1.29 is 17.7 Å². The number of hydrogen-bond acceptors (Lipinski definition) is 4. The molecule has 0 unspecified atom stereocenters. The second kappa shape index (κ2) is 15.6. The second-order valence-electron chi connectivity index (χ2n) is 20.7. The third kappa shape index (κ3) is 12.7. The van der Waals surface area contributed by atoms with E-state index in [4.69, 9.17) is 17.7 Å². The van der Waals surface area contributed by atoms with Gasteiger partial charge in [-0.1, -0.05) is 119 Å². The van der Waals surface area contributed by atoms with E-state index in [1.165, 1.54) is 33.4 Å². The maximum Gasteiger partial charge on any atom is 0.192 e.